The molecule has 0 spiro atoms. The number of hydrogen-bond donors (Lipinski definition) is 2. The number of nitrogens with one attached hydrogen (secondary N) is 1. The van der Waals surface area contributed by atoms with Crippen LogP contribution < -0.4 is 11.1 Å². The van der Waals surface area contributed by atoms with Gasteiger partial charge in [-0.1, -0.05) is 13.8 Å². The average molecular weight is 278 g/mol. The lowest BCUT2D eigenvalue weighted by Gasteiger charge is -2.14. The van der Waals surface area contributed by atoms with Crippen molar-refractivity contribution in [3.05, 3.63) is 29.8 Å². The molecule has 3 N–H and O–H groups in total. The predicted molar refractivity (Wildman–Crippen MR) is 78.5 cm³/mol. The summed E-state index contributed by atoms with van der Waals surface area (Å²) in [7, 11) is 0. The van der Waals surface area contributed by atoms with Gasteiger partial charge in [0.2, 0.25) is 5.91 Å². The van der Waals surface area contributed by atoms with E-state index in [0.717, 1.165) is 0 Å². The zero-order valence-electron chi connectivity index (χ0n) is 12.2. The third-order valence-corrected chi connectivity index (χ3v) is 2.73. The molecule has 0 heterocycles. The minimum Gasteiger partial charge on any atom is -0.462 e. The highest BCUT2D eigenvalue weighted by Gasteiger charge is 2.15. The van der Waals surface area contributed by atoms with Crippen LogP contribution in [0, 0.1) is 5.92 Å². The van der Waals surface area contributed by atoms with E-state index < -0.39 is 6.04 Å². The number of esters is 1. The van der Waals surface area contributed by atoms with E-state index in [1.807, 2.05) is 13.8 Å². The molecule has 0 saturated carbocycles. The van der Waals surface area contributed by atoms with Crippen molar-refractivity contribution < 1.29 is 14.3 Å². The normalized spacial score (nSPS) is 12.1. The third-order valence-electron chi connectivity index (χ3n) is 2.73. The van der Waals surface area contributed by atoms with Gasteiger partial charge >= 0.3 is 5.97 Å². The van der Waals surface area contributed by atoms with Crippen LogP contribution in [0.15, 0.2) is 24.3 Å². The lowest BCUT2D eigenvalue weighted by atomic mass is 10.0. The number of carbonyl (C=O) groups excluding carboxylic acids is 2. The fourth-order valence-corrected chi connectivity index (χ4v) is 1.75. The number of amides is 1. The molecule has 1 amide bonds. The maximum atomic E-state index is 11.8. The Labute approximate surface area is 119 Å². The molecule has 1 atom stereocenters. The first-order valence-electron chi connectivity index (χ1n) is 6.77. The van der Waals surface area contributed by atoms with Crippen molar-refractivity contribution in [2.24, 2.45) is 11.7 Å². The number of rotatable bonds is 6. The zero-order chi connectivity index (χ0) is 15.1. The molecule has 0 saturated heterocycles. The highest BCUT2D eigenvalue weighted by Crippen LogP contribution is 2.12. The summed E-state index contributed by atoms with van der Waals surface area (Å²) in [6.07, 6.45) is 0.632. The predicted octanol–water partition coefficient (Wildman–Crippen LogP) is 2.18. The molecule has 1 aromatic carbocycles. The number of anilines is 1. The van der Waals surface area contributed by atoms with Crippen molar-refractivity contribution in [3.8, 4) is 0 Å². The fourth-order valence-electron chi connectivity index (χ4n) is 1.75. The van der Waals surface area contributed by atoms with E-state index in [0.29, 0.717) is 30.2 Å². The number of nitrogens with two attached hydrogens (primary N) is 1. The van der Waals surface area contributed by atoms with Crippen molar-refractivity contribution in [2.75, 3.05) is 11.9 Å². The first kappa shape index (κ1) is 16.2. The summed E-state index contributed by atoms with van der Waals surface area (Å²) < 4.78 is 4.88. The molecule has 5 nitrogen and oxygen atoms in total. The Bertz CT molecular complexity index is 455. The smallest absolute Gasteiger partial charge is 0.338 e. The second-order valence-electron chi connectivity index (χ2n) is 5.02. The Morgan fingerprint density at radius 3 is 2.35 bits per heavy atom. The van der Waals surface area contributed by atoms with Gasteiger partial charge in [0.15, 0.2) is 0 Å². The van der Waals surface area contributed by atoms with Crippen LogP contribution in [0.2, 0.25) is 0 Å². The summed E-state index contributed by atoms with van der Waals surface area (Å²) in [5.74, 6) is -0.230. The van der Waals surface area contributed by atoms with Crippen molar-refractivity contribution in [3.63, 3.8) is 0 Å². The Balaban J connectivity index is 2.61. The van der Waals surface area contributed by atoms with Gasteiger partial charge in [0.05, 0.1) is 18.2 Å². The lowest BCUT2D eigenvalue weighted by Crippen LogP contribution is -2.36. The SMILES string of the molecule is CCOC(=O)c1ccc(NC(=O)C(N)CC(C)C)cc1. The van der Waals surface area contributed by atoms with Crippen molar-refractivity contribution in [1.82, 2.24) is 0 Å². The molecule has 0 fully saturated rings. The molecular weight excluding hydrogens is 256 g/mol. The van der Waals surface area contributed by atoms with E-state index in [9.17, 15) is 9.59 Å². The van der Waals surface area contributed by atoms with Crippen LogP contribution in [-0.4, -0.2) is 24.5 Å². The number of carbonyl (C=O) groups is 2. The average Bonchev–Trinajstić information content (AvgIpc) is 2.39. The van der Waals surface area contributed by atoms with Gasteiger partial charge in [-0.05, 0) is 43.5 Å². The monoisotopic (exact) mass is 278 g/mol. The Hall–Kier alpha value is -1.88. The number of hydrogen-bond acceptors (Lipinski definition) is 4. The van der Waals surface area contributed by atoms with E-state index in [-0.39, 0.29) is 11.9 Å². The van der Waals surface area contributed by atoms with Gasteiger partial charge in [-0.15, -0.1) is 0 Å². The molecule has 110 valence electrons. The molecule has 20 heavy (non-hydrogen) atoms. The van der Waals surface area contributed by atoms with E-state index in [2.05, 4.69) is 5.32 Å². The van der Waals surface area contributed by atoms with E-state index in [1.54, 1.807) is 31.2 Å². The molecule has 1 aromatic rings. The maximum absolute atomic E-state index is 11.8. The minimum atomic E-state index is -0.528. The van der Waals surface area contributed by atoms with Crippen molar-refractivity contribution in [1.29, 1.82) is 0 Å². The van der Waals surface area contributed by atoms with Crippen LogP contribution in [0.5, 0.6) is 0 Å². The fraction of sp³-hybridized carbons (Fsp3) is 0.467. The first-order valence-corrected chi connectivity index (χ1v) is 6.77. The minimum absolute atomic E-state index is 0.220. The van der Waals surface area contributed by atoms with Gasteiger partial charge < -0.3 is 15.8 Å². The van der Waals surface area contributed by atoms with Crippen LogP contribution in [0.1, 0.15) is 37.6 Å². The molecule has 0 bridgehead atoms. The molecule has 0 aromatic heterocycles. The van der Waals surface area contributed by atoms with Crippen molar-refractivity contribution >= 4 is 17.6 Å². The van der Waals surface area contributed by atoms with Gasteiger partial charge in [-0.25, -0.2) is 4.79 Å². The first-order chi connectivity index (χ1) is 9.43. The molecule has 5 heteroatoms. The lowest BCUT2D eigenvalue weighted by molar-refractivity contribution is -0.117. The topological polar surface area (TPSA) is 81.4 Å². The Morgan fingerprint density at radius 2 is 1.85 bits per heavy atom. The second-order valence-corrected chi connectivity index (χ2v) is 5.02. The summed E-state index contributed by atoms with van der Waals surface area (Å²) >= 11 is 0. The summed E-state index contributed by atoms with van der Waals surface area (Å²) in [5.41, 5.74) is 6.87. The third kappa shape index (κ3) is 5.01. The van der Waals surface area contributed by atoms with E-state index >= 15 is 0 Å². The van der Waals surface area contributed by atoms with E-state index in [1.165, 1.54) is 0 Å². The number of benzene rings is 1. The van der Waals surface area contributed by atoms with Crippen molar-refractivity contribution in [2.45, 2.75) is 33.2 Å². The van der Waals surface area contributed by atoms with Gasteiger partial charge in [-0.2, -0.15) is 0 Å². The van der Waals surface area contributed by atoms with Crippen LogP contribution in [0.3, 0.4) is 0 Å². The molecule has 0 radical (unpaired) electrons. The highest BCUT2D eigenvalue weighted by atomic mass is 16.5. The maximum Gasteiger partial charge on any atom is 0.338 e. The molecule has 0 aliphatic heterocycles. The Morgan fingerprint density at radius 1 is 1.25 bits per heavy atom. The van der Waals surface area contributed by atoms with Gasteiger partial charge in [0, 0.05) is 5.69 Å². The van der Waals surface area contributed by atoms with Crippen LogP contribution in [0.25, 0.3) is 0 Å². The van der Waals surface area contributed by atoms with Crippen LogP contribution in [-0.2, 0) is 9.53 Å². The summed E-state index contributed by atoms with van der Waals surface area (Å²) in [6.45, 7) is 6.12. The van der Waals surface area contributed by atoms with Gasteiger partial charge in [0.25, 0.3) is 0 Å². The van der Waals surface area contributed by atoms with Crippen LogP contribution in [0.4, 0.5) is 5.69 Å². The molecule has 1 unspecified atom stereocenters. The van der Waals surface area contributed by atoms with Gasteiger partial charge in [0.1, 0.15) is 0 Å². The largest absolute Gasteiger partial charge is 0.462 e. The molecule has 0 aliphatic carbocycles. The molecule has 1 rings (SSSR count). The highest BCUT2D eigenvalue weighted by molar-refractivity contribution is 5.95. The standard InChI is InChI=1S/C15H22N2O3/c1-4-20-15(19)11-5-7-12(8-6-11)17-14(18)13(16)9-10(2)3/h5-8,10,13H,4,9,16H2,1-3H3,(H,17,18). The quantitative estimate of drug-likeness (QED) is 0.781. The second kappa shape index (κ2) is 7.65. The Kier molecular flexibility index (Phi) is 6.18. The van der Waals surface area contributed by atoms with Gasteiger partial charge in [-0.3, -0.25) is 4.79 Å². The molecular formula is C15H22N2O3. The summed E-state index contributed by atoms with van der Waals surface area (Å²) in [6, 6.07) is 6.02. The summed E-state index contributed by atoms with van der Waals surface area (Å²) in [4.78, 5) is 23.3. The van der Waals surface area contributed by atoms with Crippen LogP contribution >= 0.6 is 0 Å². The summed E-state index contributed by atoms with van der Waals surface area (Å²) in [5, 5.41) is 2.73. The molecule has 0 aliphatic rings. The van der Waals surface area contributed by atoms with E-state index in [4.69, 9.17) is 10.5 Å². The number of ether oxygens (including phenoxy) is 1. The zero-order valence-corrected chi connectivity index (χ0v) is 12.2.